The summed E-state index contributed by atoms with van der Waals surface area (Å²) in [5.74, 6) is 0.277. The molecule has 0 saturated carbocycles. The molecule has 0 spiro atoms. The van der Waals surface area contributed by atoms with Gasteiger partial charge in [-0.1, -0.05) is 0 Å². The van der Waals surface area contributed by atoms with Crippen molar-refractivity contribution in [2.24, 2.45) is 0 Å². The van der Waals surface area contributed by atoms with E-state index >= 15 is 0 Å². The van der Waals surface area contributed by atoms with E-state index in [2.05, 4.69) is 17.2 Å². The molecule has 1 saturated heterocycles. The van der Waals surface area contributed by atoms with Gasteiger partial charge in [0.15, 0.2) is 5.78 Å². The maximum absolute atomic E-state index is 12.2. The Morgan fingerprint density at radius 1 is 1.56 bits per heavy atom. The lowest BCUT2D eigenvalue weighted by atomic mass is 9.93. The smallest absolute Gasteiger partial charge is 0.159 e. The van der Waals surface area contributed by atoms with Crippen LogP contribution in [0.2, 0.25) is 0 Å². The van der Waals surface area contributed by atoms with Crippen LogP contribution >= 0.6 is 11.3 Å². The molecule has 1 aromatic heterocycles. The van der Waals surface area contributed by atoms with Gasteiger partial charge in [-0.15, -0.1) is 11.3 Å². The van der Waals surface area contributed by atoms with E-state index in [0.717, 1.165) is 30.1 Å². The van der Waals surface area contributed by atoms with Gasteiger partial charge in [0.2, 0.25) is 0 Å². The zero-order valence-electron chi connectivity index (χ0n) is 10.1. The largest absolute Gasteiger partial charge is 0.305 e. The molecule has 88 valence electrons. The predicted octanol–water partition coefficient (Wildman–Crippen LogP) is 2.01. The van der Waals surface area contributed by atoms with Crippen molar-refractivity contribution in [3.63, 3.8) is 0 Å². The van der Waals surface area contributed by atoms with E-state index in [-0.39, 0.29) is 11.3 Å². The highest BCUT2D eigenvalue weighted by Gasteiger charge is 2.35. The summed E-state index contributed by atoms with van der Waals surface area (Å²) in [7, 11) is 0. The average Bonchev–Trinajstić information content (AvgIpc) is 2.76. The number of nitrogens with one attached hydrogen (secondary N) is 1. The van der Waals surface area contributed by atoms with Crippen LogP contribution in [0.25, 0.3) is 0 Å². The number of aryl methyl sites for hydroxylation is 2. The van der Waals surface area contributed by atoms with E-state index in [1.807, 2.05) is 13.8 Å². The van der Waals surface area contributed by atoms with Crippen LogP contribution < -0.4 is 5.32 Å². The number of hydrogen-bond donors (Lipinski definition) is 1. The number of Topliss-reactive ketones (excluding diaryl/α,β-unsaturated/α-hetero) is 1. The number of nitrogens with zero attached hydrogens (tertiary/aromatic N) is 1. The molecule has 0 amide bonds. The Labute approximate surface area is 100 Å². The molecule has 1 fully saturated rings. The number of carbonyl (C=O) groups excluding carboxylic acids is 1. The highest BCUT2D eigenvalue weighted by molar-refractivity contribution is 7.11. The maximum atomic E-state index is 12.2. The SMILES string of the molecule is Cc1nc(CC(=O)C2(C)CCCN2)sc1C. The summed E-state index contributed by atoms with van der Waals surface area (Å²) < 4.78 is 0. The van der Waals surface area contributed by atoms with Crippen molar-refractivity contribution in [3.8, 4) is 0 Å². The molecule has 1 aromatic rings. The molecule has 1 aliphatic rings. The minimum atomic E-state index is -0.312. The van der Waals surface area contributed by atoms with Gasteiger partial charge in [0.25, 0.3) is 0 Å². The highest BCUT2D eigenvalue weighted by atomic mass is 32.1. The Morgan fingerprint density at radius 3 is 2.81 bits per heavy atom. The topological polar surface area (TPSA) is 42.0 Å². The van der Waals surface area contributed by atoms with Crippen LogP contribution in [0.1, 0.15) is 35.3 Å². The van der Waals surface area contributed by atoms with Crippen molar-refractivity contribution in [1.82, 2.24) is 10.3 Å². The van der Waals surface area contributed by atoms with E-state index in [9.17, 15) is 4.79 Å². The van der Waals surface area contributed by atoms with Gasteiger partial charge in [-0.25, -0.2) is 4.98 Å². The van der Waals surface area contributed by atoms with Crippen LogP contribution in [-0.2, 0) is 11.2 Å². The number of hydrogen-bond acceptors (Lipinski definition) is 4. The van der Waals surface area contributed by atoms with Crippen LogP contribution in [-0.4, -0.2) is 22.9 Å². The summed E-state index contributed by atoms with van der Waals surface area (Å²) >= 11 is 1.64. The van der Waals surface area contributed by atoms with Gasteiger partial charge in [0, 0.05) is 4.88 Å². The monoisotopic (exact) mass is 238 g/mol. The first kappa shape index (κ1) is 11.7. The van der Waals surface area contributed by atoms with Gasteiger partial charge in [-0.05, 0) is 40.2 Å². The van der Waals surface area contributed by atoms with Gasteiger partial charge < -0.3 is 5.32 Å². The summed E-state index contributed by atoms with van der Waals surface area (Å²) in [6.07, 6.45) is 2.52. The minimum Gasteiger partial charge on any atom is -0.305 e. The fraction of sp³-hybridized carbons (Fsp3) is 0.667. The molecule has 3 nitrogen and oxygen atoms in total. The quantitative estimate of drug-likeness (QED) is 0.876. The molecule has 1 unspecified atom stereocenters. The summed E-state index contributed by atoms with van der Waals surface area (Å²) in [5, 5.41) is 4.26. The molecule has 0 aliphatic carbocycles. The second-order valence-corrected chi connectivity index (χ2v) is 6.00. The normalized spacial score (nSPS) is 24.9. The Balaban J connectivity index is 2.07. The van der Waals surface area contributed by atoms with Crippen molar-refractivity contribution in [2.75, 3.05) is 6.54 Å². The van der Waals surface area contributed by atoms with Crippen LogP contribution in [0.4, 0.5) is 0 Å². The minimum absolute atomic E-state index is 0.277. The highest BCUT2D eigenvalue weighted by Crippen LogP contribution is 2.23. The van der Waals surface area contributed by atoms with Crippen molar-refractivity contribution in [2.45, 2.75) is 45.6 Å². The molecule has 4 heteroatoms. The fourth-order valence-corrected chi connectivity index (χ4v) is 3.01. The average molecular weight is 238 g/mol. The molecule has 1 atom stereocenters. The fourth-order valence-electron chi connectivity index (χ4n) is 2.08. The summed E-state index contributed by atoms with van der Waals surface area (Å²) in [5.41, 5.74) is 0.741. The third kappa shape index (κ3) is 2.18. The van der Waals surface area contributed by atoms with Gasteiger partial charge in [-0.3, -0.25) is 4.79 Å². The van der Waals surface area contributed by atoms with Crippen LogP contribution in [0.15, 0.2) is 0 Å². The zero-order chi connectivity index (χ0) is 11.8. The van der Waals surface area contributed by atoms with E-state index in [0.29, 0.717) is 6.42 Å². The first-order chi connectivity index (χ1) is 7.51. The van der Waals surface area contributed by atoms with Crippen LogP contribution in [0, 0.1) is 13.8 Å². The molecule has 0 radical (unpaired) electrons. The Hall–Kier alpha value is -0.740. The molecular weight excluding hydrogens is 220 g/mol. The summed E-state index contributed by atoms with van der Waals surface area (Å²) in [6.45, 7) is 7.01. The lowest BCUT2D eigenvalue weighted by molar-refractivity contribution is -0.123. The van der Waals surface area contributed by atoms with Gasteiger partial charge in [-0.2, -0.15) is 0 Å². The lowest BCUT2D eigenvalue weighted by Crippen LogP contribution is -2.45. The van der Waals surface area contributed by atoms with Crippen LogP contribution in [0.5, 0.6) is 0 Å². The van der Waals surface area contributed by atoms with E-state index in [1.165, 1.54) is 4.88 Å². The molecule has 1 N–H and O–H groups in total. The molecule has 2 heterocycles. The Morgan fingerprint density at radius 2 is 2.31 bits per heavy atom. The third-order valence-corrected chi connectivity index (χ3v) is 4.44. The molecule has 0 bridgehead atoms. The van der Waals surface area contributed by atoms with Gasteiger partial charge in [0.05, 0.1) is 17.7 Å². The third-order valence-electron chi connectivity index (χ3n) is 3.37. The second kappa shape index (κ2) is 4.26. The van der Waals surface area contributed by atoms with E-state index in [4.69, 9.17) is 0 Å². The van der Waals surface area contributed by atoms with Gasteiger partial charge >= 0.3 is 0 Å². The molecule has 0 aromatic carbocycles. The molecular formula is C12H18N2OS. The van der Waals surface area contributed by atoms with E-state index < -0.39 is 0 Å². The summed E-state index contributed by atoms with van der Waals surface area (Å²) in [6, 6.07) is 0. The maximum Gasteiger partial charge on any atom is 0.159 e. The van der Waals surface area contributed by atoms with Crippen molar-refractivity contribution in [1.29, 1.82) is 0 Å². The first-order valence-electron chi connectivity index (χ1n) is 5.72. The standard InChI is InChI=1S/C12H18N2OS/c1-8-9(2)16-11(14-8)7-10(15)12(3)5-4-6-13-12/h13H,4-7H2,1-3H3. The first-order valence-corrected chi connectivity index (χ1v) is 6.54. The molecule has 2 rings (SSSR count). The van der Waals surface area contributed by atoms with Crippen molar-refractivity contribution in [3.05, 3.63) is 15.6 Å². The molecule has 16 heavy (non-hydrogen) atoms. The number of rotatable bonds is 3. The summed E-state index contributed by atoms with van der Waals surface area (Å²) in [4.78, 5) is 17.8. The number of ketones is 1. The van der Waals surface area contributed by atoms with Crippen molar-refractivity contribution < 1.29 is 4.79 Å². The van der Waals surface area contributed by atoms with Crippen LogP contribution in [0.3, 0.4) is 0 Å². The van der Waals surface area contributed by atoms with Gasteiger partial charge in [0.1, 0.15) is 5.01 Å². The zero-order valence-corrected chi connectivity index (χ0v) is 10.9. The number of thiazole rings is 1. The van der Waals surface area contributed by atoms with E-state index in [1.54, 1.807) is 11.3 Å². The number of aromatic nitrogens is 1. The van der Waals surface area contributed by atoms with Crippen molar-refractivity contribution >= 4 is 17.1 Å². The lowest BCUT2D eigenvalue weighted by Gasteiger charge is -2.21. The second-order valence-electron chi connectivity index (χ2n) is 4.71. The molecule has 1 aliphatic heterocycles. The Kier molecular flexibility index (Phi) is 3.13. The predicted molar refractivity (Wildman–Crippen MR) is 65.9 cm³/mol. The Bertz CT molecular complexity index is 386. The number of carbonyl (C=O) groups is 1.